The van der Waals surface area contributed by atoms with Gasteiger partial charge in [-0.3, -0.25) is 14.2 Å². The van der Waals surface area contributed by atoms with Crippen LogP contribution in [0.15, 0.2) is 4.79 Å². The highest BCUT2D eigenvalue weighted by Gasteiger charge is 2.32. The summed E-state index contributed by atoms with van der Waals surface area (Å²) in [6, 6.07) is 0. The highest BCUT2D eigenvalue weighted by molar-refractivity contribution is 5.91. The Kier molecular flexibility index (Phi) is 3.07. The van der Waals surface area contributed by atoms with Crippen LogP contribution >= 0.6 is 0 Å². The summed E-state index contributed by atoms with van der Waals surface area (Å²) in [7, 11) is 1.70. The normalized spacial score (nSPS) is 16.3. The predicted octanol–water partition coefficient (Wildman–Crippen LogP) is 0.173. The van der Waals surface area contributed by atoms with E-state index >= 15 is 0 Å². The monoisotopic (exact) mass is 314 g/mol. The van der Waals surface area contributed by atoms with E-state index in [-0.39, 0.29) is 18.0 Å². The van der Waals surface area contributed by atoms with Crippen molar-refractivity contribution in [2.45, 2.75) is 45.8 Å². The zero-order chi connectivity index (χ0) is 16.1. The molecular formula is C15H18N6O2. The molecule has 1 amide bonds. The van der Waals surface area contributed by atoms with E-state index < -0.39 is 0 Å². The molecule has 0 bridgehead atoms. The fraction of sp³-hybridized carbons (Fsp3) is 0.533. The van der Waals surface area contributed by atoms with Gasteiger partial charge in [-0.05, 0) is 19.8 Å². The van der Waals surface area contributed by atoms with Crippen molar-refractivity contribution >= 4 is 5.91 Å². The van der Waals surface area contributed by atoms with Gasteiger partial charge in [0.05, 0.1) is 24.3 Å². The van der Waals surface area contributed by atoms with Crippen molar-refractivity contribution in [3.63, 3.8) is 0 Å². The van der Waals surface area contributed by atoms with Crippen LogP contribution in [-0.2, 0) is 33.1 Å². The fourth-order valence-electron chi connectivity index (χ4n) is 3.28. The second-order valence-corrected chi connectivity index (χ2v) is 6.16. The number of rotatable bonds is 1. The molecule has 0 spiro atoms. The Bertz CT molecular complexity index is 866. The summed E-state index contributed by atoms with van der Waals surface area (Å²) >= 11 is 0. The minimum absolute atomic E-state index is 0.0777. The van der Waals surface area contributed by atoms with Crippen LogP contribution in [0.1, 0.15) is 46.4 Å². The highest BCUT2D eigenvalue weighted by atomic mass is 16.2. The first kappa shape index (κ1) is 14.1. The van der Waals surface area contributed by atoms with Crippen LogP contribution in [0.2, 0.25) is 0 Å². The van der Waals surface area contributed by atoms with Gasteiger partial charge in [0.25, 0.3) is 11.5 Å². The zero-order valence-corrected chi connectivity index (χ0v) is 13.2. The summed E-state index contributed by atoms with van der Waals surface area (Å²) < 4.78 is 3.43. The van der Waals surface area contributed by atoms with E-state index in [0.29, 0.717) is 29.5 Å². The van der Waals surface area contributed by atoms with Gasteiger partial charge in [0.15, 0.2) is 0 Å². The number of nitrogens with zero attached hydrogens (tertiary/aromatic N) is 6. The first-order valence-electron chi connectivity index (χ1n) is 7.83. The molecule has 0 saturated carbocycles. The van der Waals surface area contributed by atoms with Crippen LogP contribution in [0.25, 0.3) is 0 Å². The number of carbonyl (C=O) groups is 1. The maximum atomic E-state index is 12.8. The van der Waals surface area contributed by atoms with Crippen molar-refractivity contribution in [2.24, 2.45) is 7.05 Å². The molecule has 8 heteroatoms. The summed E-state index contributed by atoms with van der Waals surface area (Å²) in [5, 5.41) is 8.21. The van der Waals surface area contributed by atoms with E-state index in [1.807, 2.05) is 4.57 Å². The number of carbonyl (C=O) groups excluding carboxylic acids is 1. The van der Waals surface area contributed by atoms with Crippen molar-refractivity contribution in [1.82, 2.24) is 29.2 Å². The van der Waals surface area contributed by atoms with Crippen LogP contribution in [0.5, 0.6) is 0 Å². The zero-order valence-electron chi connectivity index (χ0n) is 13.2. The Morgan fingerprint density at radius 3 is 2.83 bits per heavy atom. The maximum Gasteiger partial charge on any atom is 0.292 e. The molecule has 4 heterocycles. The van der Waals surface area contributed by atoms with Crippen molar-refractivity contribution in [3.05, 3.63) is 39.1 Å². The van der Waals surface area contributed by atoms with E-state index in [0.717, 1.165) is 31.6 Å². The minimum atomic E-state index is -0.177. The van der Waals surface area contributed by atoms with Crippen LogP contribution in [0.4, 0.5) is 0 Å². The number of amides is 1. The molecular weight excluding hydrogens is 296 g/mol. The molecule has 0 saturated heterocycles. The summed E-state index contributed by atoms with van der Waals surface area (Å²) in [4.78, 5) is 31.2. The lowest BCUT2D eigenvalue weighted by Crippen LogP contribution is -2.30. The average Bonchev–Trinajstić information content (AvgIpc) is 3.16. The van der Waals surface area contributed by atoms with Crippen molar-refractivity contribution < 1.29 is 4.79 Å². The molecule has 120 valence electrons. The molecule has 8 nitrogen and oxygen atoms in total. The van der Waals surface area contributed by atoms with E-state index in [1.54, 1.807) is 18.9 Å². The van der Waals surface area contributed by atoms with Crippen LogP contribution in [0.3, 0.4) is 0 Å². The summed E-state index contributed by atoms with van der Waals surface area (Å²) in [6.45, 7) is 3.22. The second-order valence-electron chi connectivity index (χ2n) is 6.16. The summed E-state index contributed by atoms with van der Waals surface area (Å²) in [5.74, 6) is 1.73. The molecule has 2 aromatic rings. The smallest absolute Gasteiger partial charge is 0.292 e. The number of hydrogen-bond acceptors (Lipinski definition) is 5. The Morgan fingerprint density at radius 2 is 2.00 bits per heavy atom. The van der Waals surface area contributed by atoms with E-state index in [2.05, 4.69) is 15.2 Å². The molecule has 0 aromatic carbocycles. The van der Waals surface area contributed by atoms with E-state index in [9.17, 15) is 9.59 Å². The fourth-order valence-corrected chi connectivity index (χ4v) is 3.28. The Morgan fingerprint density at radius 1 is 1.17 bits per heavy atom. The number of aryl methyl sites for hydroxylation is 2. The Balaban J connectivity index is 1.66. The molecule has 0 aliphatic carbocycles. The van der Waals surface area contributed by atoms with Crippen molar-refractivity contribution in [3.8, 4) is 0 Å². The maximum absolute atomic E-state index is 12.8. The van der Waals surface area contributed by atoms with Gasteiger partial charge in [0.1, 0.15) is 11.6 Å². The van der Waals surface area contributed by atoms with E-state index in [1.165, 1.54) is 4.57 Å². The first-order chi connectivity index (χ1) is 11.1. The van der Waals surface area contributed by atoms with Crippen LogP contribution < -0.4 is 5.56 Å². The molecule has 4 rings (SSSR count). The summed E-state index contributed by atoms with van der Waals surface area (Å²) in [5.41, 5.74) is 1.22. The number of fused-ring (bicyclic) bond motifs is 2. The van der Waals surface area contributed by atoms with Gasteiger partial charge in [-0.1, -0.05) is 0 Å². The number of aromatic nitrogens is 5. The van der Waals surface area contributed by atoms with Crippen LogP contribution in [0, 0.1) is 6.92 Å². The molecule has 0 N–H and O–H groups in total. The molecule has 0 unspecified atom stereocenters. The molecule has 0 atom stereocenters. The number of hydrogen-bond donors (Lipinski definition) is 0. The lowest BCUT2D eigenvalue weighted by molar-refractivity contribution is 0.0731. The molecule has 2 aromatic heterocycles. The highest BCUT2D eigenvalue weighted by Crippen LogP contribution is 2.22. The van der Waals surface area contributed by atoms with Gasteiger partial charge in [0.2, 0.25) is 5.82 Å². The third-order valence-electron chi connectivity index (χ3n) is 4.72. The van der Waals surface area contributed by atoms with Gasteiger partial charge in [-0.2, -0.15) is 0 Å². The van der Waals surface area contributed by atoms with Crippen molar-refractivity contribution in [2.75, 3.05) is 0 Å². The summed E-state index contributed by atoms with van der Waals surface area (Å²) in [6.07, 6.45) is 2.98. The largest absolute Gasteiger partial charge is 0.325 e. The molecule has 23 heavy (non-hydrogen) atoms. The second kappa shape index (κ2) is 5.00. The lowest BCUT2D eigenvalue weighted by atomic mass is 10.1. The van der Waals surface area contributed by atoms with Gasteiger partial charge in [0, 0.05) is 20.0 Å². The Labute approximate surface area is 132 Å². The average molecular weight is 314 g/mol. The minimum Gasteiger partial charge on any atom is -0.325 e. The lowest BCUT2D eigenvalue weighted by Gasteiger charge is -2.18. The third-order valence-corrected chi connectivity index (χ3v) is 4.72. The van der Waals surface area contributed by atoms with Gasteiger partial charge >= 0.3 is 0 Å². The standard InChI is InChI=1S/C15H18N6O2/c1-9-16-11-8-20(7-10(11)14(22)19(9)2)15(23)13-18-17-12-5-3-4-6-21(12)13/h3-8H2,1-2H3. The molecule has 2 aliphatic rings. The predicted molar refractivity (Wildman–Crippen MR) is 80.8 cm³/mol. The quantitative estimate of drug-likeness (QED) is 0.749. The van der Waals surface area contributed by atoms with Gasteiger partial charge in [-0.15, -0.1) is 10.2 Å². The van der Waals surface area contributed by atoms with E-state index in [4.69, 9.17) is 0 Å². The van der Waals surface area contributed by atoms with Gasteiger partial charge in [-0.25, -0.2) is 4.98 Å². The van der Waals surface area contributed by atoms with Crippen molar-refractivity contribution in [1.29, 1.82) is 0 Å². The topological polar surface area (TPSA) is 85.9 Å². The SMILES string of the molecule is Cc1nc2c(c(=O)n1C)CN(C(=O)c1nnc3n1CCCC3)C2. The Hall–Kier alpha value is -2.51. The third kappa shape index (κ3) is 2.08. The van der Waals surface area contributed by atoms with Gasteiger partial charge < -0.3 is 9.47 Å². The molecule has 0 fully saturated rings. The van der Waals surface area contributed by atoms with Crippen LogP contribution in [-0.4, -0.2) is 35.1 Å². The molecule has 0 radical (unpaired) electrons. The molecule has 2 aliphatic heterocycles. The first-order valence-corrected chi connectivity index (χ1v) is 7.83.